The summed E-state index contributed by atoms with van der Waals surface area (Å²) in [4.78, 5) is 14.0. The standard InChI is InChI=1S/C27H24FNO4S/c1-15-11-17(28)12-16(2)24(15)25(31)27-26(22-8-3-18(30)13-23(22)34-27)33-20-6-4-19(5-7-20)32-21-9-10-29-14-21/h3-8,11-13,21,29-30H,9-10,14H2,1-2H3. The van der Waals surface area contributed by atoms with E-state index in [0.29, 0.717) is 33.1 Å². The van der Waals surface area contributed by atoms with Crippen LogP contribution in [-0.4, -0.2) is 30.1 Å². The number of phenols is 1. The SMILES string of the molecule is Cc1cc(F)cc(C)c1C(=O)c1sc2cc(O)ccc2c1Oc1ccc(OC2CCNC2)cc1. The largest absolute Gasteiger partial charge is 0.508 e. The van der Waals surface area contributed by atoms with E-state index >= 15 is 0 Å². The highest BCUT2D eigenvalue weighted by molar-refractivity contribution is 7.21. The van der Waals surface area contributed by atoms with Crippen molar-refractivity contribution in [3.05, 3.63) is 82.0 Å². The van der Waals surface area contributed by atoms with Gasteiger partial charge in [-0.25, -0.2) is 4.39 Å². The summed E-state index contributed by atoms with van der Waals surface area (Å²) in [5.74, 6) is 1.23. The van der Waals surface area contributed by atoms with E-state index in [2.05, 4.69) is 5.32 Å². The van der Waals surface area contributed by atoms with Crippen molar-refractivity contribution >= 4 is 27.2 Å². The fourth-order valence-corrected chi connectivity index (χ4v) is 5.43. The number of phenolic OH excluding ortho intramolecular Hbond substituents is 1. The van der Waals surface area contributed by atoms with Gasteiger partial charge in [-0.3, -0.25) is 4.79 Å². The zero-order valence-corrected chi connectivity index (χ0v) is 19.7. The Labute approximate surface area is 200 Å². The number of rotatable bonds is 6. The van der Waals surface area contributed by atoms with Crippen LogP contribution in [0.3, 0.4) is 0 Å². The Kier molecular flexibility index (Phi) is 5.98. The van der Waals surface area contributed by atoms with Crippen LogP contribution in [0.25, 0.3) is 10.1 Å². The number of thiophene rings is 1. The van der Waals surface area contributed by atoms with E-state index < -0.39 is 0 Å². The smallest absolute Gasteiger partial charge is 0.207 e. The first-order valence-electron chi connectivity index (χ1n) is 11.1. The summed E-state index contributed by atoms with van der Waals surface area (Å²) >= 11 is 1.25. The summed E-state index contributed by atoms with van der Waals surface area (Å²) in [6.45, 7) is 5.24. The second kappa shape index (κ2) is 9.08. The van der Waals surface area contributed by atoms with Crippen LogP contribution in [0.1, 0.15) is 32.8 Å². The minimum absolute atomic E-state index is 0.108. The Hall–Kier alpha value is -3.42. The van der Waals surface area contributed by atoms with Crippen molar-refractivity contribution in [3.63, 3.8) is 0 Å². The summed E-state index contributed by atoms with van der Waals surface area (Å²) in [6, 6.07) is 15.0. The molecule has 5 nitrogen and oxygen atoms in total. The molecule has 1 saturated heterocycles. The average molecular weight is 478 g/mol. The number of ketones is 1. The lowest BCUT2D eigenvalue weighted by molar-refractivity contribution is 0.103. The predicted molar refractivity (Wildman–Crippen MR) is 131 cm³/mol. The van der Waals surface area contributed by atoms with Gasteiger partial charge in [0.2, 0.25) is 5.78 Å². The Bertz CT molecular complexity index is 1350. The lowest BCUT2D eigenvalue weighted by atomic mass is 9.97. The molecule has 3 aromatic carbocycles. The van der Waals surface area contributed by atoms with E-state index in [4.69, 9.17) is 9.47 Å². The number of aromatic hydroxyl groups is 1. The lowest BCUT2D eigenvalue weighted by Crippen LogP contribution is -2.19. The molecule has 0 bridgehead atoms. The summed E-state index contributed by atoms with van der Waals surface area (Å²) < 4.78 is 26.8. The molecule has 34 heavy (non-hydrogen) atoms. The van der Waals surface area contributed by atoms with Crippen molar-refractivity contribution < 1.29 is 23.8 Å². The number of ether oxygens (including phenoxy) is 2. The molecule has 1 unspecified atom stereocenters. The maximum Gasteiger partial charge on any atom is 0.207 e. The topological polar surface area (TPSA) is 67.8 Å². The van der Waals surface area contributed by atoms with Crippen LogP contribution < -0.4 is 14.8 Å². The Morgan fingerprint density at radius 1 is 1.06 bits per heavy atom. The summed E-state index contributed by atoms with van der Waals surface area (Å²) in [6.07, 6.45) is 1.13. The van der Waals surface area contributed by atoms with E-state index in [1.807, 2.05) is 24.3 Å². The highest BCUT2D eigenvalue weighted by Gasteiger charge is 2.25. The molecule has 1 aliphatic heterocycles. The molecule has 0 saturated carbocycles. The Balaban J connectivity index is 1.51. The first-order valence-corrected chi connectivity index (χ1v) is 11.9. The molecule has 2 heterocycles. The van der Waals surface area contributed by atoms with Gasteiger partial charge in [0.05, 0.1) is 0 Å². The molecule has 1 atom stereocenters. The van der Waals surface area contributed by atoms with Crippen LogP contribution in [-0.2, 0) is 0 Å². The van der Waals surface area contributed by atoms with Crippen molar-refractivity contribution in [2.45, 2.75) is 26.4 Å². The van der Waals surface area contributed by atoms with Gasteiger partial charge in [-0.1, -0.05) is 0 Å². The van der Waals surface area contributed by atoms with Crippen molar-refractivity contribution in [1.82, 2.24) is 5.32 Å². The lowest BCUT2D eigenvalue weighted by Gasteiger charge is -2.13. The number of hydrogen-bond donors (Lipinski definition) is 2. The first kappa shape index (κ1) is 22.4. The van der Waals surface area contributed by atoms with Gasteiger partial charge in [-0.2, -0.15) is 0 Å². The van der Waals surface area contributed by atoms with Gasteiger partial charge < -0.3 is 19.9 Å². The third-order valence-electron chi connectivity index (χ3n) is 5.92. The molecule has 1 aliphatic rings. The normalized spacial score (nSPS) is 15.6. The zero-order valence-electron chi connectivity index (χ0n) is 18.9. The summed E-state index contributed by atoms with van der Waals surface area (Å²) in [5.41, 5.74) is 1.59. The number of fused-ring (bicyclic) bond motifs is 1. The molecule has 4 aromatic rings. The molecule has 174 valence electrons. The van der Waals surface area contributed by atoms with Gasteiger partial charge in [0.25, 0.3) is 0 Å². The monoisotopic (exact) mass is 477 g/mol. The minimum atomic E-state index is -0.375. The van der Waals surface area contributed by atoms with Crippen LogP contribution in [0.4, 0.5) is 4.39 Å². The number of carbonyl (C=O) groups excluding carboxylic acids is 1. The van der Waals surface area contributed by atoms with Crippen molar-refractivity contribution in [3.8, 4) is 23.0 Å². The molecule has 0 radical (unpaired) electrons. The van der Waals surface area contributed by atoms with Crippen LogP contribution in [0, 0.1) is 19.7 Å². The van der Waals surface area contributed by atoms with Gasteiger partial charge in [-0.05, 0) is 92.5 Å². The van der Waals surface area contributed by atoms with E-state index in [-0.39, 0.29) is 23.5 Å². The first-order chi connectivity index (χ1) is 16.4. The average Bonchev–Trinajstić information content (AvgIpc) is 3.42. The van der Waals surface area contributed by atoms with Crippen LogP contribution in [0.15, 0.2) is 54.6 Å². The second-order valence-corrected chi connectivity index (χ2v) is 9.54. The van der Waals surface area contributed by atoms with Gasteiger partial charge in [0.15, 0.2) is 5.75 Å². The number of nitrogens with one attached hydrogen (secondary N) is 1. The van der Waals surface area contributed by atoms with E-state index in [1.165, 1.54) is 23.5 Å². The summed E-state index contributed by atoms with van der Waals surface area (Å²) in [7, 11) is 0. The number of hydrogen-bond acceptors (Lipinski definition) is 6. The van der Waals surface area contributed by atoms with Gasteiger partial charge in [0, 0.05) is 22.2 Å². The third-order valence-corrected chi connectivity index (χ3v) is 7.05. The minimum Gasteiger partial charge on any atom is -0.508 e. The molecular weight excluding hydrogens is 453 g/mol. The number of carbonyl (C=O) groups is 1. The highest BCUT2D eigenvalue weighted by atomic mass is 32.1. The fraction of sp³-hybridized carbons (Fsp3) is 0.222. The van der Waals surface area contributed by atoms with Crippen LogP contribution in [0.5, 0.6) is 23.0 Å². The van der Waals surface area contributed by atoms with Crippen LogP contribution >= 0.6 is 11.3 Å². The molecule has 1 aromatic heterocycles. The molecule has 0 amide bonds. The van der Waals surface area contributed by atoms with Crippen molar-refractivity contribution in [1.29, 1.82) is 0 Å². The van der Waals surface area contributed by atoms with Gasteiger partial charge in [-0.15, -0.1) is 11.3 Å². The number of aryl methyl sites for hydroxylation is 2. The van der Waals surface area contributed by atoms with Crippen molar-refractivity contribution in [2.24, 2.45) is 0 Å². The molecule has 1 fully saturated rings. The van der Waals surface area contributed by atoms with Crippen LogP contribution in [0.2, 0.25) is 0 Å². The van der Waals surface area contributed by atoms with Gasteiger partial charge in [0.1, 0.15) is 34.0 Å². The predicted octanol–water partition coefficient (Wildman–Crippen LogP) is 6.13. The molecule has 5 rings (SSSR count). The molecule has 0 spiro atoms. The van der Waals surface area contributed by atoms with Gasteiger partial charge >= 0.3 is 0 Å². The Morgan fingerprint density at radius 2 is 1.76 bits per heavy atom. The Morgan fingerprint density at radius 3 is 2.44 bits per heavy atom. The summed E-state index contributed by atoms with van der Waals surface area (Å²) in [5, 5.41) is 14.0. The van der Waals surface area contributed by atoms with E-state index in [1.54, 1.807) is 32.0 Å². The molecular formula is C27H24FNO4S. The molecule has 0 aliphatic carbocycles. The number of benzene rings is 3. The maximum absolute atomic E-state index is 13.8. The van der Waals surface area contributed by atoms with Crippen molar-refractivity contribution in [2.75, 3.05) is 13.1 Å². The molecule has 2 N–H and O–H groups in total. The molecule has 7 heteroatoms. The van der Waals surface area contributed by atoms with E-state index in [0.717, 1.165) is 35.3 Å². The second-order valence-electron chi connectivity index (χ2n) is 8.49. The third kappa shape index (κ3) is 4.36. The zero-order chi connectivity index (χ0) is 23.8. The quantitative estimate of drug-likeness (QED) is 0.327. The number of halogens is 1. The maximum atomic E-state index is 13.8. The van der Waals surface area contributed by atoms with E-state index in [9.17, 15) is 14.3 Å². The highest BCUT2D eigenvalue weighted by Crippen LogP contribution is 2.43. The fourth-order valence-electron chi connectivity index (χ4n) is 4.32.